The summed E-state index contributed by atoms with van der Waals surface area (Å²) in [6.45, 7) is 0.217. The van der Waals surface area contributed by atoms with E-state index in [2.05, 4.69) is 4.98 Å². The third-order valence-electron chi connectivity index (χ3n) is 5.15. The number of anilines is 2. The number of rotatable bonds is 8. The van der Waals surface area contributed by atoms with E-state index in [9.17, 15) is 18.4 Å². The van der Waals surface area contributed by atoms with Gasteiger partial charge in [0.25, 0.3) is 0 Å². The van der Waals surface area contributed by atoms with Crippen LogP contribution in [0.3, 0.4) is 0 Å². The second kappa shape index (κ2) is 10.8. The second-order valence-electron chi connectivity index (χ2n) is 7.54. The lowest BCUT2D eigenvalue weighted by molar-refractivity contribution is -0.142. The minimum absolute atomic E-state index is 0.123. The van der Waals surface area contributed by atoms with E-state index in [1.165, 1.54) is 41.4 Å². The van der Waals surface area contributed by atoms with Crippen LogP contribution in [0.1, 0.15) is 25.7 Å². The van der Waals surface area contributed by atoms with Gasteiger partial charge in [0.1, 0.15) is 12.4 Å². The van der Waals surface area contributed by atoms with Crippen molar-refractivity contribution in [1.82, 2.24) is 4.98 Å². The summed E-state index contributed by atoms with van der Waals surface area (Å²) in [6.07, 6.45) is 4.05. The van der Waals surface area contributed by atoms with Crippen LogP contribution < -0.4 is 4.90 Å². The van der Waals surface area contributed by atoms with Gasteiger partial charge < -0.3 is 14.6 Å². The van der Waals surface area contributed by atoms with Gasteiger partial charge in [0.15, 0.2) is 0 Å². The van der Waals surface area contributed by atoms with Crippen LogP contribution in [0.2, 0.25) is 0 Å². The van der Waals surface area contributed by atoms with E-state index in [4.69, 9.17) is 14.6 Å². The monoisotopic (exact) mass is 434 g/mol. The first kappa shape index (κ1) is 22.6. The van der Waals surface area contributed by atoms with E-state index in [0.29, 0.717) is 18.0 Å². The molecule has 166 valence electrons. The average Bonchev–Trinajstić information content (AvgIpc) is 2.75. The number of ether oxygens (including phenoxy) is 2. The van der Waals surface area contributed by atoms with E-state index in [-0.39, 0.29) is 25.0 Å². The predicted octanol–water partition coefficient (Wildman–Crippen LogP) is 4.54. The van der Waals surface area contributed by atoms with E-state index in [1.807, 2.05) is 0 Å². The van der Waals surface area contributed by atoms with Crippen molar-refractivity contribution in [3.05, 3.63) is 54.4 Å². The van der Waals surface area contributed by atoms with Gasteiger partial charge in [-0.05, 0) is 67.5 Å². The molecule has 2 atom stereocenters. The first-order valence-corrected chi connectivity index (χ1v) is 10.1. The smallest absolute Gasteiger partial charge is 0.419 e. The number of benzene rings is 1. The number of amides is 1. The molecule has 1 fully saturated rings. The quantitative estimate of drug-likeness (QED) is 0.614. The Hall–Kier alpha value is -3.07. The van der Waals surface area contributed by atoms with Gasteiger partial charge in [-0.3, -0.25) is 0 Å². The predicted molar refractivity (Wildman–Crippen MR) is 108 cm³/mol. The lowest BCUT2D eigenvalue weighted by Gasteiger charge is -2.29. The highest BCUT2D eigenvalue weighted by atomic mass is 19.1. The maximum Gasteiger partial charge on any atom is 0.419 e. The number of aliphatic carboxylic acids is 1. The van der Waals surface area contributed by atoms with Crippen LogP contribution in [0.15, 0.2) is 42.6 Å². The molecule has 1 amide bonds. The fourth-order valence-electron chi connectivity index (χ4n) is 3.72. The van der Waals surface area contributed by atoms with Crippen molar-refractivity contribution in [2.24, 2.45) is 11.8 Å². The molecule has 0 saturated heterocycles. The van der Waals surface area contributed by atoms with Crippen molar-refractivity contribution >= 4 is 23.4 Å². The molecule has 0 aliphatic heterocycles. The third kappa shape index (κ3) is 6.71. The van der Waals surface area contributed by atoms with Gasteiger partial charge in [-0.15, -0.1) is 0 Å². The highest BCUT2D eigenvalue weighted by Crippen LogP contribution is 2.31. The number of pyridine rings is 1. The summed E-state index contributed by atoms with van der Waals surface area (Å²) < 4.78 is 37.3. The standard InChI is InChI=1S/C22H24F2N2O5/c23-17-4-6-18(7-5-17)26(19-8-9-20(24)25-11-19)22(29)31-13-16-3-1-2-15(10-16)12-30-14-21(27)28/h4-9,11,15-16H,1-3,10,12-14H2,(H,27,28). The molecule has 7 nitrogen and oxygen atoms in total. The van der Waals surface area contributed by atoms with E-state index in [0.717, 1.165) is 31.7 Å². The zero-order valence-corrected chi connectivity index (χ0v) is 16.9. The van der Waals surface area contributed by atoms with Crippen molar-refractivity contribution in [2.75, 3.05) is 24.7 Å². The van der Waals surface area contributed by atoms with Gasteiger partial charge in [0, 0.05) is 0 Å². The van der Waals surface area contributed by atoms with Crippen LogP contribution in [0.5, 0.6) is 0 Å². The number of hydrogen-bond acceptors (Lipinski definition) is 5. The molecule has 1 aromatic carbocycles. The number of carboxylic acid groups (broad SMARTS) is 1. The molecule has 0 spiro atoms. The summed E-state index contributed by atoms with van der Waals surface area (Å²) in [5.74, 6) is -1.80. The fourth-order valence-corrected chi connectivity index (χ4v) is 3.72. The number of carbonyl (C=O) groups excluding carboxylic acids is 1. The van der Waals surface area contributed by atoms with Crippen LogP contribution in [0, 0.1) is 23.6 Å². The lowest BCUT2D eigenvalue weighted by Crippen LogP contribution is -2.30. The molecular formula is C22H24F2N2O5. The number of carboxylic acids is 1. The maximum atomic E-state index is 13.3. The number of nitrogens with zero attached hydrogens (tertiary/aromatic N) is 2. The molecule has 3 rings (SSSR count). The fraction of sp³-hybridized carbons (Fsp3) is 0.409. The minimum atomic E-state index is -1.00. The molecule has 1 aromatic heterocycles. The first-order valence-electron chi connectivity index (χ1n) is 10.1. The SMILES string of the molecule is O=C(O)COCC1CCCC(COC(=O)N(c2ccc(F)cc2)c2ccc(F)nc2)C1. The third-order valence-corrected chi connectivity index (χ3v) is 5.15. The summed E-state index contributed by atoms with van der Waals surface area (Å²) in [4.78, 5) is 28.3. The maximum absolute atomic E-state index is 13.3. The van der Waals surface area contributed by atoms with Crippen LogP contribution >= 0.6 is 0 Å². The highest BCUT2D eigenvalue weighted by Gasteiger charge is 2.26. The van der Waals surface area contributed by atoms with Crippen molar-refractivity contribution in [3.8, 4) is 0 Å². The van der Waals surface area contributed by atoms with Crippen LogP contribution in [0.25, 0.3) is 0 Å². The zero-order chi connectivity index (χ0) is 22.2. The summed E-state index contributed by atoms with van der Waals surface area (Å²) in [5, 5.41) is 8.68. The molecule has 1 heterocycles. The lowest BCUT2D eigenvalue weighted by atomic mass is 9.82. The Balaban J connectivity index is 1.63. The number of carbonyl (C=O) groups is 2. The van der Waals surface area contributed by atoms with E-state index in [1.54, 1.807) is 0 Å². The van der Waals surface area contributed by atoms with Crippen LogP contribution in [-0.2, 0) is 14.3 Å². The average molecular weight is 434 g/mol. The summed E-state index contributed by atoms with van der Waals surface area (Å²) in [7, 11) is 0. The Kier molecular flexibility index (Phi) is 7.88. The Morgan fingerprint density at radius 3 is 2.35 bits per heavy atom. The van der Waals surface area contributed by atoms with Gasteiger partial charge in [-0.2, -0.15) is 4.39 Å². The Bertz CT molecular complexity index is 831. The second-order valence-corrected chi connectivity index (χ2v) is 7.54. The number of hydrogen-bond donors (Lipinski definition) is 1. The van der Waals surface area contributed by atoms with Crippen molar-refractivity contribution < 1.29 is 33.0 Å². The van der Waals surface area contributed by atoms with E-state index < -0.39 is 23.8 Å². The molecule has 0 bridgehead atoms. The van der Waals surface area contributed by atoms with Crippen LogP contribution in [-0.4, -0.2) is 42.0 Å². The minimum Gasteiger partial charge on any atom is -0.480 e. The van der Waals surface area contributed by atoms with E-state index >= 15 is 0 Å². The molecule has 0 radical (unpaired) electrons. The molecule has 1 saturated carbocycles. The topological polar surface area (TPSA) is 89.0 Å². The van der Waals surface area contributed by atoms with Crippen molar-refractivity contribution in [1.29, 1.82) is 0 Å². The largest absolute Gasteiger partial charge is 0.480 e. The normalized spacial score (nSPS) is 18.4. The number of aromatic nitrogens is 1. The Morgan fingerprint density at radius 2 is 1.71 bits per heavy atom. The van der Waals surface area contributed by atoms with Gasteiger partial charge in [-0.1, -0.05) is 6.42 Å². The molecule has 31 heavy (non-hydrogen) atoms. The summed E-state index contributed by atoms with van der Waals surface area (Å²) in [6, 6.07) is 7.81. The molecule has 1 aliphatic rings. The summed E-state index contributed by atoms with van der Waals surface area (Å²) >= 11 is 0. The van der Waals surface area contributed by atoms with Gasteiger partial charge in [-0.25, -0.2) is 23.9 Å². The van der Waals surface area contributed by atoms with Crippen molar-refractivity contribution in [3.63, 3.8) is 0 Å². The van der Waals surface area contributed by atoms with Crippen molar-refractivity contribution in [2.45, 2.75) is 25.7 Å². The molecule has 1 N–H and O–H groups in total. The Labute approximate surface area is 178 Å². The van der Waals surface area contributed by atoms with Crippen LogP contribution in [0.4, 0.5) is 25.0 Å². The zero-order valence-electron chi connectivity index (χ0n) is 16.9. The molecule has 2 unspecified atom stereocenters. The van der Waals surface area contributed by atoms with Gasteiger partial charge in [0.05, 0.1) is 30.8 Å². The highest BCUT2D eigenvalue weighted by molar-refractivity contribution is 5.95. The molecular weight excluding hydrogens is 410 g/mol. The molecule has 9 heteroatoms. The van der Waals surface area contributed by atoms with Gasteiger partial charge >= 0.3 is 12.1 Å². The molecule has 2 aromatic rings. The van der Waals surface area contributed by atoms with Gasteiger partial charge in [0.2, 0.25) is 5.95 Å². The first-order chi connectivity index (χ1) is 14.9. The number of halogens is 2. The summed E-state index contributed by atoms with van der Waals surface area (Å²) in [5.41, 5.74) is 0.657. The Morgan fingerprint density at radius 1 is 1.03 bits per heavy atom. The molecule has 1 aliphatic carbocycles.